The summed E-state index contributed by atoms with van der Waals surface area (Å²) in [7, 11) is -3.28. The predicted octanol–water partition coefficient (Wildman–Crippen LogP) is 3.14. The van der Waals surface area contributed by atoms with Gasteiger partial charge in [0.15, 0.2) is 9.84 Å². The summed E-state index contributed by atoms with van der Waals surface area (Å²) in [5, 5.41) is 8.37. The van der Waals surface area contributed by atoms with Gasteiger partial charge in [-0.15, -0.1) is 11.3 Å². The molecule has 0 saturated carbocycles. The zero-order valence-electron chi connectivity index (χ0n) is 14.5. The minimum absolute atomic E-state index is 0.0268. The van der Waals surface area contributed by atoms with Crippen molar-refractivity contribution in [3.05, 3.63) is 64.5 Å². The molecular formula is C19H19N3O3S2. The summed E-state index contributed by atoms with van der Waals surface area (Å²) in [4.78, 5) is 15.3. The highest BCUT2D eigenvalue weighted by molar-refractivity contribution is 7.91. The van der Waals surface area contributed by atoms with Gasteiger partial charge in [0.1, 0.15) is 5.69 Å². The standard InChI is InChI=1S/C19H19N3O3S2/c23-19(16-13-15(20-21-16)14-5-2-1-3-6-14)22-9-8-18(17-7-4-11-26-17)27(24,25)12-10-22/h1-7,11,13,18H,8-10,12H2,(H,20,21)/t18-/m1/s1. The summed E-state index contributed by atoms with van der Waals surface area (Å²) in [6, 6.07) is 15.0. The molecule has 1 aromatic carbocycles. The second kappa shape index (κ2) is 7.28. The molecule has 140 valence electrons. The van der Waals surface area contributed by atoms with Crippen LogP contribution in [0, 0.1) is 0 Å². The molecule has 3 heterocycles. The van der Waals surface area contributed by atoms with Crippen molar-refractivity contribution in [2.45, 2.75) is 11.7 Å². The molecule has 1 fully saturated rings. The van der Waals surface area contributed by atoms with Crippen LogP contribution in [0.25, 0.3) is 11.3 Å². The zero-order chi connectivity index (χ0) is 18.9. The molecule has 2 aromatic heterocycles. The number of aromatic amines is 1. The quantitative estimate of drug-likeness (QED) is 0.731. The van der Waals surface area contributed by atoms with Crippen LogP contribution < -0.4 is 0 Å². The maximum atomic E-state index is 12.9. The first-order valence-corrected chi connectivity index (χ1v) is 11.3. The number of H-pyrrole nitrogens is 1. The van der Waals surface area contributed by atoms with Gasteiger partial charge >= 0.3 is 0 Å². The Morgan fingerprint density at radius 2 is 1.96 bits per heavy atom. The van der Waals surface area contributed by atoms with Gasteiger partial charge in [-0.3, -0.25) is 9.89 Å². The largest absolute Gasteiger partial charge is 0.336 e. The van der Waals surface area contributed by atoms with E-state index >= 15 is 0 Å². The smallest absolute Gasteiger partial charge is 0.271 e. The fraction of sp³-hybridized carbons (Fsp3) is 0.263. The molecule has 1 aliphatic heterocycles. The number of nitrogens with one attached hydrogen (secondary N) is 1. The minimum atomic E-state index is -3.28. The molecule has 0 aliphatic carbocycles. The number of sulfone groups is 1. The van der Waals surface area contributed by atoms with Crippen molar-refractivity contribution in [2.24, 2.45) is 0 Å². The van der Waals surface area contributed by atoms with Crippen LogP contribution in [0.3, 0.4) is 0 Å². The van der Waals surface area contributed by atoms with E-state index in [1.54, 1.807) is 11.0 Å². The van der Waals surface area contributed by atoms with Gasteiger partial charge in [-0.2, -0.15) is 5.10 Å². The number of amides is 1. The average Bonchev–Trinajstić information content (AvgIpc) is 3.34. The van der Waals surface area contributed by atoms with E-state index < -0.39 is 15.1 Å². The fourth-order valence-corrected chi connectivity index (χ4v) is 6.30. The minimum Gasteiger partial charge on any atom is -0.336 e. The van der Waals surface area contributed by atoms with Crippen LogP contribution in [0.2, 0.25) is 0 Å². The summed E-state index contributed by atoms with van der Waals surface area (Å²) in [5.41, 5.74) is 1.99. The Kier molecular flexibility index (Phi) is 4.84. The van der Waals surface area contributed by atoms with Gasteiger partial charge in [-0.1, -0.05) is 36.4 Å². The van der Waals surface area contributed by atoms with Crippen molar-refractivity contribution in [1.29, 1.82) is 0 Å². The van der Waals surface area contributed by atoms with Gasteiger partial charge in [0.05, 0.1) is 16.7 Å². The van der Waals surface area contributed by atoms with Crippen LogP contribution in [-0.2, 0) is 9.84 Å². The van der Waals surface area contributed by atoms with Crippen molar-refractivity contribution in [3.8, 4) is 11.3 Å². The van der Waals surface area contributed by atoms with Gasteiger partial charge in [0.2, 0.25) is 0 Å². The zero-order valence-corrected chi connectivity index (χ0v) is 16.2. The number of hydrogen-bond donors (Lipinski definition) is 1. The number of carbonyl (C=O) groups excluding carboxylic acids is 1. The maximum absolute atomic E-state index is 12.9. The summed E-state index contributed by atoms with van der Waals surface area (Å²) in [6.07, 6.45) is 0.411. The number of benzene rings is 1. The summed E-state index contributed by atoms with van der Waals surface area (Å²) < 4.78 is 25.3. The van der Waals surface area contributed by atoms with Crippen molar-refractivity contribution in [2.75, 3.05) is 18.8 Å². The molecule has 1 saturated heterocycles. The molecule has 3 aromatic rings. The maximum Gasteiger partial charge on any atom is 0.271 e. The van der Waals surface area contributed by atoms with Crippen molar-refractivity contribution in [3.63, 3.8) is 0 Å². The van der Waals surface area contributed by atoms with Crippen LogP contribution in [-0.4, -0.2) is 48.3 Å². The number of thiophene rings is 1. The lowest BCUT2D eigenvalue weighted by Gasteiger charge is -2.18. The Morgan fingerprint density at radius 1 is 1.15 bits per heavy atom. The van der Waals surface area contributed by atoms with Crippen LogP contribution in [0.15, 0.2) is 53.9 Å². The topological polar surface area (TPSA) is 83.1 Å². The van der Waals surface area contributed by atoms with E-state index in [1.165, 1.54) is 11.3 Å². The van der Waals surface area contributed by atoms with E-state index in [1.807, 2.05) is 47.8 Å². The monoisotopic (exact) mass is 401 g/mol. The number of hydrogen-bond acceptors (Lipinski definition) is 5. The third kappa shape index (κ3) is 3.68. The molecule has 1 atom stereocenters. The SMILES string of the molecule is O=C(c1cc(-c2ccccc2)n[nH]1)N1CC[C@H](c2cccs2)S(=O)(=O)CC1. The third-order valence-corrected chi connectivity index (χ3v) is 8.01. The molecule has 0 radical (unpaired) electrons. The van der Waals surface area contributed by atoms with Crippen LogP contribution in [0.5, 0.6) is 0 Å². The van der Waals surface area contributed by atoms with Crippen LogP contribution in [0.1, 0.15) is 27.0 Å². The Bertz CT molecular complexity index is 1030. The van der Waals surface area contributed by atoms with Crippen molar-refractivity contribution >= 4 is 27.1 Å². The van der Waals surface area contributed by atoms with E-state index in [2.05, 4.69) is 10.2 Å². The second-order valence-electron chi connectivity index (χ2n) is 6.48. The van der Waals surface area contributed by atoms with E-state index in [9.17, 15) is 13.2 Å². The van der Waals surface area contributed by atoms with Gasteiger partial charge < -0.3 is 4.90 Å². The van der Waals surface area contributed by atoms with Gasteiger partial charge in [0.25, 0.3) is 5.91 Å². The number of nitrogens with zero attached hydrogens (tertiary/aromatic N) is 2. The Labute approximate surface area is 161 Å². The molecule has 27 heavy (non-hydrogen) atoms. The average molecular weight is 402 g/mol. The molecule has 0 bridgehead atoms. The van der Waals surface area contributed by atoms with Crippen LogP contribution in [0.4, 0.5) is 0 Å². The van der Waals surface area contributed by atoms with Gasteiger partial charge in [-0.05, 0) is 23.9 Å². The van der Waals surface area contributed by atoms with Gasteiger partial charge in [-0.25, -0.2) is 8.42 Å². The van der Waals surface area contributed by atoms with E-state index in [0.29, 0.717) is 24.4 Å². The Hall–Kier alpha value is -2.45. The lowest BCUT2D eigenvalue weighted by molar-refractivity contribution is 0.0760. The molecule has 0 spiro atoms. The highest BCUT2D eigenvalue weighted by Crippen LogP contribution is 2.32. The lowest BCUT2D eigenvalue weighted by Crippen LogP contribution is -2.33. The third-order valence-electron chi connectivity index (χ3n) is 4.77. The summed E-state index contributed by atoms with van der Waals surface area (Å²) in [5.74, 6) is -0.243. The first-order valence-electron chi connectivity index (χ1n) is 8.70. The Morgan fingerprint density at radius 3 is 2.70 bits per heavy atom. The molecule has 0 unspecified atom stereocenters. The summed E-state index contributed by atoms with van der Waals surface area (Å²) >= 11 is 1.45. The molecule has 1 amide bonds. The first kappa shape index (κ1) is 17.9. The van der Waals surface area contributed by atoms with Gasteiger partial charge in [0, 0.05) is 23.5 Å². The molecule has 4 rings (SSSR count). The van der Waals surface area contributed by atoms with E-state index in [4.69, 9.17) is 0 Å². The first-order chi connectivity index (χ1) is 13.0. The highest BCUT2D eigenvalue weighted by Gasteiger charge is 2.33. The molecule has 1 N–H and O–H groups in total. The normalized spacial score (nSPS) is 19.6. The van der Waals surface area contributed by atoms with E-state index in [-0.39, 0.29) is 18.2 Å². The predicted molar refractivity (Wildman–Crippen MR) is 105 cm³/mol. The molecule has 1 aliphatic rings. The van der Waals surface area contributed by atoms with Crippen molar-refractivity contribution < 1.29 is 13.2 Å². The molecular weight excluding hydrogens is 382 g/mol. The molecule has 8 heteroatoms. The van der Waals surface area contributed by atoms with Crippen LogP contribution >= 0.6 is 11.3 Å². The molecule has 6 nitrogen and oxygen atoms in total. The highest BCUT2D eigenvalue weighted by atomic mass is 32.2. The van der Waals surface area contributed by atoms with Crippen molar-refractivity contribution in [1.82, 2.24) is 15.1 Å². The number of aromatic nitrogens is 2. The number of carbonyl (C=O) groups is 1. The fourth-order valence-electron chi connectivity index (χ4n) is 3.30. The summed E-state index contributed by atoms with van der Waals surface area (Å²) in [6.45, 7) is 0.600. The van der Waals surface area contributed by atoms with E-state index in [0.717, 1.165) is 10.4 Å². The lowest BCUT2D eigenvalue weighted by atomic mass is 10.1. The number of rotatable bonds is 3. The second-order valence-corrected chi connectivity index (χ2v) is 9.77. The Balaban J connectivity index is 1.53.